The van der Waals surface area contributed by atoms with Gasteiger partial charge in [-0.15, -0.1) is 6.42 Å². The lowest BCUT2D eigenvalue weighted by Gasteiger charge is -2.39. The zero-order valence-electron chi connectivity index (χ0n) is 27.0. The van der Waals surface area contributed by atoms with Gasteiger partial charge in [0.25, 0.3) is 0 Å². The van der Waals surface area contributed by atoms with Crippen molar-refractivity contribution in [2.45, 2.75) is 103 Å². The molecular weight excluding hydrogens is 562 g/mol. The maximum Gasteiger partial charge on any atom is 0.410 e. The number of carbonyl (C=O) groups excluding carboxylic acids is 5. The van der Waals surface area contributed by atoms with E-state index in [1.807, 2.05) is 44.2 Å². The highest BCUT2D eigenvalue weighted by Crippen LogP contribution is 2.30. The fourth-order valence-electron chi connectivity index (χ4n) is 5.51. The van der Waals surface area contributed by atoms with Gasteiger partial charge in [0.2, 0.25) is 23.6 Å². The number of terminal acetylenes is 1. The van der Waals surface area contributed by atoms with Gasteiger partial charge in [0.05, 0.1) is 0 Å². The van der Waals surface area contributed by atoms with Gasteiger partial charge < -0.3 is 25.2 Å². The zero-order valence-corrected chi connectivity index (χ0v) is 27.0. The van der Waals surface area contributed by atoms with Crippen molar-refractivity contribution < 1.29 is 28.7 Å². The first-order valence-corrected chi connectivity index (χ1v) is 15.3. The van der Waals surface area contributed by atoms with Gasteiger partial charge in [-0.05, 0) is 58.4 Å². The number of carbonyl (C=O) groups is 5. The molecule has 1 aromatic rings. The summed E-state index contributed by atoms with van der Waals surface area (Å²) in [7, 11) is 1.45. The maximum atomic E-state index is 14.2. The van der Waals surface area contributed by atoms with E-state index in [-0.39, 0.29) is 30.3 Å². The maximum absolute atomic E-state index is 14.2. The van der Waals surface area contributed by atoms with Gasteiger partial charge in [-0.2, -0.15) is 0 Å². The van der Waals surface area contributed by atoms with E-state index in [1.54, 1.807) is 30.6 Å². The first-order valence-electron chi connectivity index (χ1n) is 15.3. The zero-order chi connectivity index (χ0) is 32.8. The third-order valence-electron chi connectivity index (χ3n) is 7.97. The van der Waals surface area contributed by atoms with Crippen molar-refractivity contribution in [2.75, 3.05) is 20.1 Å². The molecule has 1 aromatic carbocycles. The molecule has 0 saturated carbocycles. The van der Waals surface area contributed by atoms with Crippen LogP contribution in [0.2, 0.25) is 0 Å². The van der Waals surface area contributed by atoms with Crippen LogP contribution in [0.4, 0.5) is 4.79 Å². The predicted molar refractivity (Wildman–Crippen MR) is 166 cm³/mol. The number of rotatable bonds is 8. The fraction of sp³-hybridized carbons (Fsp3) is 0.606. The Morgan fingerprint density at radius 2 is 1.75 bits per heavy atom. The molecule has 0 radical (unpaired) electrons. The Hall–Kier alpha value is -4.07. The van der Waals surface area contributed by atoms with Crippen molar-refractivity contribution in [3.05, 3.63) is 35.9 Å². The summed E-state index contributed by atoms with van der Waals surface area (Å²) in [6, 6.07) is 5.33. The van der Waals surface area contributed by atoms with E-state index in [1.165, 1.54) is 14.0 Å². The Kier molecular flexibility index (Phi) is 11.4. The van der Waals surface area contributed by atoms with E-state index >= 15 is 0 Å². The van der Waals surface area contributed by atoms with Gasteiger partial charge in [-0.1, -0.05) is 50.1 Å². The quantitative estimate of drug-likeness (QED) is 0.437. The molecule has 240 valence electrons. The summed E-state index contributed by atoms with van der Waals surface area (Å²) in [5.74, 6) is 1.22. The molecule has 2 N–H and O–H groups in total. The van der Waals surface area contributed by atoms with Crippen LogP contribution in [-0.2, 0) is 23.9 Å². The number of amides is 5. The van der Waals surface area contributed by atoms with Crippen molar-refractivity contribution in [3.63, 3.8) is 0 Å². The molecule has 2 saturated heterocycles. The molecule has 11 nitrogen and oxygen atoms in total. The third kappa shape index (κ3) is 8.74. The SMILES string of the molecule is C#C[C@@H](NC(=O)[C@@H]1CC[C@@H]2CCN(C(=O)CC(C)C)C[C@H](NC(=O)[C@H](C)N(C)C(=O)OC(C)(C)C)C(=O)N21)c1ccccc1. The van der Waals surface area contributed by atoms with E-state index in [9.17, 15) is 24.0 Å². The molecular formula is C33H47N5O6. The molecule has 2 heterocycles. The predicted octanol–water partition coefficient (Wildman–Crippen LogP) is 2.86. The van der Waals surface area contributed by atoms with Gasteiger partial charge >= 0.3 is 6.09 Å². The Balaban J connectivity index is 1.85. The molecule has 0 aromatic heterocycles. The van der Waals surface area contributed by atoms with Gasteiger partial charge in [0.1, 0.15) is 29.8 Å². The molecule has 5 amide bonds. The minimum absolute atomic E-state index is 0.0481. The number of nitrogens with zero attached hydrogens (tertiary/aromatic N) is 3. The third-order valence-corrected chi connectivity index (χ3v) is 7.97. The van der Waals surface area contributed by atoms with Crippen molar-refractivity contribution in [2.24, 2.45) is 5.92 Å². The highest BCUT2D eigenvalue weighted by molar-refractivity contribution is 5.95. The number of likely N-dealkylation sites (N-methyl/N-ethyl adjacent to an activating group) is 1. The second-order valence-electron chi connectivity index (χ2n) is 13.1. The van der Waals surface area contributed by atoms with Crippen LogP contribution in [0.5, 0.6) is 0 Å². The van der Waals surface area contributed by atoms with Gasteiger partial charge in [0.15, 0.2) is 0 Å². The lowest BCUT2D eigenvalue weighted by molar-refractivity contribution is -0.147. The lowest BCUT2D eigenvalue weighted by Crippen LogP contribution is -2.62. The van der Waals surface area contributed by atoms with Gasteiger partial charge in [-0.3, -0.25) is 24.1 Å². The Bertz CT molecular complexity index is 1250. The Morgan fingerprint density at radius 3 is 2.34 bits per heavy atom. The van der Waals surface area contributed by atoms with Crippen LogP contribution >= 0.6 is 0 Å². The molecule has 0 aliphatic carbocycles. The Morgan fingerprint density at radius 1 is 1.09 bits per heavy atom. The highest BCUT2D eigenvalue weighted by atomic mass is 16.6. The number of nitrogens with one attached hydrogen (secondary N) is 2. The molecule has 5 atom stereocenters. The van der Waals surface area contributed by atoms with Gasteiger partial charge in [0, 0.05) is 32.6 Å². The van der Waals surface area contributed by atoms with Crippen LogP contribution in [-0.4, -0.2) is 94.3 Å². The largest absolute Gasteiger partial charge is 0.444 e. The number of ether oxygens (including phenoxy) is 1. The summed E-state index contributed by atoms with van der Waals surface area (Å²) in [5, 5.41) is 5.69. The summed E-state index contributed by atoms with van der Waals surface area (Å²) >= 11 is 0. The van der Waals surface area contributed by atoms with Crippen molar-refractivity contribution in [3.8, 4) is 12.3 Å². The van der Waals surface area contributed by atoms with Crippen molar-refractivity contribution >= 4 is 29.7 Å². The summed E-state index contributed by atoms with van der Waals surface area (Å²) in [4.78, 5) is 71.4. The average Bonchev–Trinajstić information content (AvgIpc) is 3.37. The molecule has 2 fully saturated rings. The molecule has 2 aliphatic rings. The van der Waals surface area contributed by atoms with E-state index in [2.05, 4.69) is 16.6 Å². The minimum atomic E-state index is -1.12. The van der Waals surface area contributed by atoms with E-state index in [4.69, 9.17) is 11.2 Å². The molecule has 3 rings (SSSR count). The standard InChI is InChI=1S/C33H47N5O6/c1-9-25(23-13-11-10-12-14-23)34-30(41)27-16-15-24-17-18-37(28(39)19-21(2)3)20-26(31(42)38(24)27)35-29(40)22(4)36(8)32(43)44-33(5,6)7/h1,10-14,21-22,24-27H,15-20H2,2-8H3,(H,34,41)(H,35,40)/t22-,24+,25+,26-,27-/m0/s1. The summed E-state index contributed by atoms with van der Waals surface area (Å²) in [5.41, 5.74) is -0.00223. The summed E-state index contributed by atoms with van der Waals surface area (Å²) in [6.45, 7) is 10.9. The monoisotopic (exact) mass is 609 g/mol. The van der Waals surface area contributed by atoms with Crippen LogP contribution in [0.1, 0.15) is 78.8 Å². The normalized spacial score (nSPS) is 21.7. The fourth-order valence-corrected chi connectivity index (χ4v) is 5.51. The topological polar surface area (TPSA) is 128 Å². The van der Waals surface area contributed by atoms with Crippen molar-refractivity contribution in [1.29, 1.82) is 0 Å². The van der Waals surface area contributed by atoms with E-state index in [0.29, 0.717) is 32.2 Å². The molecule has 44 heavy (non-hydrogen) atoms. The number of hydrogen-bond acceptors (Lipinski definition) is 6. The molecule has 2 aliphatic heterocycles. The second-order valence-corrected chi connectivity index (χ2v) is 13.1. The van der Waals surface area contributed by atoms with Crippen LogP contribution < -0.4 is 10.6 Å². The molecule has 0 unspecified atom stereocenters. The first-order chi connectivity index (χ1) is 20.6. The first kappa shape index (κ1) is 34.4. The van der Waals surface area contributed by atoms with Crippen LogP contribution in [0.15, 0.2) is 30.3 Å². The summed E-state index contributed by atoms with van der Waals surface area (Å²) < 4.78 is 5.39. The molecule has 11 heteroatoms. The smallest absolute Gasteiger partial charge is 0.410 e. The number of benzene rings is 1. The molecule has 0 bridgehead atoms. The average molecular weight is 610 g/mol. The lowest BCUT2D eigenvalue weighted by atomic mass is 10.0. The van der Waals surface area contributed by atoms with E-state index in [0.717, 1.165) is 10.5 Å². The second kappa shape index (κ2) is 14.6. The highest BCUT2D eigenvalue weighted by Gasteiger charge is 2.46. The number of fused-ring (bicyclic) bond motifs is 1. The Labute approximate surface area is 261 Å². The molecule has 0 spiro atoms. The van der Waals surface area contributed by atoms with E-state index < -0.39 is 47.7 Å². The van der Waals surface area contributed by atoms with Crippen LogP contribution in [0, 0.1) is 18.3 Å². The van der Waals surface area contributed by atoms with Crippen LogP contribution in [0.25, 0.3) is 0 Å². The van der Waals surface area contributed by atoms with Gasteiger partial charge in [-0.25, -0.2) is 4.79 Å². The van der Waals surface area contributed by atoms with Crippen molar-refractivity contribution in [1.82, 2.24) is 25.3 Å². The summed E-state index contributed by atoms with van der Waals surface area (Å²) in [6.07, 6.45) is 6.87. The van der Waals surface area contributed by atoms with Crippen LogP contribution in [0.3, 0.4) is 0 Å². The number of hydrogen-bond donors (Lipinski definition) is 2. The minimum Gasteiger partial charge on any atom is -0.444 e.